The maximum atomic E-state index is 13.2. The highest BCUT2D eigenvalue weighted by molar-refractivity contribution is 7.09. The molecule has 2 heterocycles. The predicted molar refractivity (Wildman–Crippen MR) is 114 cm³/mol. The van der Waals surface area contributed by atoms with E-state index in [-0.39, 0.29) is 35.9 Å². The van der Waals surface area contributed by atoms with Crippen LogP contribution in [0.1, 0.15) is 43.3 Å². The fraction of sp³-hybridized carbons (Fsp3) is 0.500. The lowest BCUT2D eigenvalue weighted by Gasteiger charge is -2.33. The Bertz CT molecular complexity index is 797. The zero-order chi connectivity index (χ0) is 20.8. The van der Waals surface area contributed by atoms with E-state index < -0.39 is 0 Å². The molecule has 2 amide bonds. The van der Waals surface area contributed by atoms with Crippen molar-refractivity contribution in [2.75, 3.05) is 13.7 Å². The van der Waals surface area contributed by atoms with E-state index in [0.29, 0.717) is 6.42 Å². The summed E-state index contributed by atoms with van der Waals surface area (Å²) in [6.45, 7) is 4.18. The lowest BCUT2D eigenvalue weighted by molar-refractivity contribution is -0.138. The van der Waals surface area contributed by atoms with Gasteiger partial charge in [0.1, 0.15) is 5.01 Å². The van der Waals surface area contributed by atoms with Gasteiger partial charge in [0, 0.05) is 32.2 Å². The first kappa shape index (κ1) is 21.5. The van der Waals surface area contributed by atoms with Crippen LogP contribution >= 0.6 is 11.3 Å². The van der Waals surface area contributed by atoms with E-state index in [1.807, 2.05) is 35.4 Å². The molecule has 0 radical (unpaired) electrons. The minimum Gasteiger partial charge on any atom is -0.378 e. The molecule has 2 aromatic rings. The van der Waals surface area contributed by atoms with E-state index in [1.165, 1.54) is 11.3 Å². The molecule has 0 unspecified atom stereocenters. The molecular formula is C22H29N3O3S. The Hall–Kier alpha value is -2.25. The van der Waals surface area contributed by atoms with Crippen molar-refractivity contribution in [3.8, 4) is 0 Å². The van der Waals surface area contributed by atoms with Crippen LogP contribution in [0.4, 0.5) is 0 Å². The van der Waals surface area contributed by atoms with Gasteiger partial charge < -0.3 is 15.0 Å². The van der Waals surface area contributed by atoms with Crippen LogP contribution in [0.2, 0.25) is 0 Å². The minimum absolute atomic E-state index is 0.0342. The number of nitrogens with one attached hydrogen (secondary N) is 1. The quantitative estimate of drug-likeness (QED) is 0.719. The second-order valence-electron chi connectivity index (χ2n) is 7.53. The lowest BCUT2D eigenvalue weighted by atomic mass is 9.94. The topological polar surface area (TPSA) is 71.5 Å². The van der Waals surface area contributed by atoms with Gasteiger partial charge in [0.05, 0.1) is 24.1 Å². The third-order valence-corrected chi connectivity index (χ3v) is 6.50. The Morgan fingerprint density at radius 3 is 2.72 bits per heavy atom. The van der Waals surface area contributed by atoms with E-state index in [1.54, 1.807) is 20.2 Å². The van der Waals surface area contributed by atoms with E-state index in [2.05, 4.69) is 22.4 Å². The van der Waals surface area contributed by atoms with Crippen LogP contribution in [0.3, 0.4) is 0 Å². The van der Waals surface area contributed by atoms with Gasteiger partial charge in [-0.25, -0.2) is 4.98 Å². The van der Waals surface area contributed by atoms with Crippen molar-refractivity contribution in [1.82, 2.24) is 15.2 Å². The standard InChI is InChI=1S/C22H29N3O3S/c1-15(20(28-3)19-10-7-12-25(19)16(2)26)21(27)24-18(22-23-11-13-29-22)14-17-8-5-4-6-9-17/h4-6,8-9,11,13,15,18-20H,7,10,12,14H2,1-3H3,(H,24,27)/t15-,18+,19+,20-/m1/s1. The largest absolute Gasteiger partial charge is 0.378 e. The number of likely N-dealkylation sites (tertiary alicyclic amines) is 1. The van der Waals surface area contributed by atoms with E-state index in [0.717, 1.165) is 30.0 Å². The zero-order valence-corrected chi connectivity index (χ0v) is 18.0. The molecule has 0 spiro atoms. The zero-order valence-electron chi connectivity index (χ0n) is 17.2. The molecule has 7 heteroatoms. The Kier molecular flexibility index (Phi) is 7.39. The number of methoxy groups -OCH3 is 1. The molecule has 0 bridgehead atoms. The Morgan fingerprint density at radius 2 is 2.10 bits per heavy atom. The first-order valence-electron chi connectivity index (χ1n) is 10.0. The van der Waals surface area contributed by atoms with Crippen molar-refractivity contribution in [3.63, 3.8) is 0 Å². The summed E-state index contributed by atoms with van der Waals surface area (Å²) in [5.41, 5.74) is 1.14. The minimum atomic E-state index is -0.386. The fourth-order valence-corrected chi connectivity index (χ4v) is 4.82. The molecule has 1 aliphatic rings. The number of carbonyl (C=O) groups excluding carboxylic acids is 2. The first-order chi connectivity index (χ1) is 14.0. The third-order valence-electron chi connectivity index (χ3n) is 5.61. The highest BCUT2D eigenvalue weighted by Crippen LogP contribution is 2.27. The number of hydrogen-bond donors (Lipinski definition) is 1. The van der Waals surface area contributed by atoms with Gasteiger partial charge in [-0.2, -0.15) is 0 Å². The molecule has 3 rings (SSSR count). The van der Waals surface area contributed by atoms with Gasteiger partial charge in [0.2, 0.25) is 11.8 Å². The number of nitrogens with zero attached hydrogens (tertiary/aromatic N) is 2. The molecule has 1 saturated heterocycles. The van der Waals surface area contributed by atoms with E-state index >= 15 is 0 Å². The maximum Gasteiger partial charge on any atom is 0.226 e. The van der Waals surface area contributed by atoms with Crippen LogP contribution in [-0.4, -0.2) is 47.5 Å². The monoisotopic (exact) mass is 415 g/mol. The Morgan fingerprint density at radius 1 is 1.34 bits per heavy atom. The van der Waals surface area contributed by atoms with Crippen molar-refractivity contribution in [2.24, 2.45) is 5.92 Å². The summed E-state index contributed by atoms with van der Waals surface area (Å²) >= 11 is 1.54. The fourth-order valence-electron chi connectivity index (χ4n) is 4.13. The predicted octanol–water partition coefficient (Wildman–Crippen LogP) is 3.21. The highest BCUT2D eigenvalue weighted by Gasteiger charge is 2.39. The average molecular weight is 416 g/mol. The molecule has 1 fully saturated rings. The lowest BCUT2D eigenvalue weighted by Crippen LogP contribution is -2.49. The summed E-state index contributed by atoms with van der Waals surface area (Å²) < 4.78 is 5.72. The van der Waals surface area contributed by atoms with Gasteiger partial charge in [-0.1, -0.05) is 37.3 Å². The van der Waals surface area contributed by atoms with Gasteiger partial charge in [0.15, 0.2) is 0 Å². The number of aromatic nitrogens is 1. The van der Waals surface area contributed by atoms with Crippen molar-refractivity contribution in [1.29, 1.82) is 0 Å². The van der Waals surface area contributed by atoms with Gasteiger partial charge >= 0.3 is 0 Å². The van der Waals surface area contributed by atoms with Gasteiger partial charge in [-0.15, -0.1) is 11.3 Å². The SMILES string of the molecule is CO[C@H]([C@@H](C)C(=O)N[C@@H](Cc1ccccc1)c1nccs1)[C@@H]1CCCN1C(C)=O. The maximum absolute atomic E-state index is 13.2. The van der Waals surface area contributed by atoms with Gasteiger partial charge in [-0.3, -0.25) is 9.59 Å². The summed E-state index contributed by atoms with van der Waals surface area (Å²) in [6.07, 6.45) is 3.89. The van der Waals surface area contributed by atoms with Crippen LogP contribution in [0.15, 0.2) is 41.9 Å². The molecule has 156 valence electrons. The Labute approximate surface area is 176 Å². The molecule has 4 atom stereocenters. The third kappa shape index (κ3) is 5.22. The first-order valence-corrected chi connectivity index (χ1v) is 10.9. The molecule has 0 saturated carbocycles. The van der Waals surface area contributed by atoms with Crippen LogP contribution in [0.5, 0.6) is 0 Å². The van der Waals surface area contributed by atoms with E-state index in [4.69, 9.17) is 4.74 Å². The molecular weight excluding hydrogens is 386 g/mol. The van der Waals surface area contributed by atoms with Crippen LogP contribution in [0, 0.1) is 5.92 Å². The Balaban J connectivity index is 1.73. The summed E-state index contributed by atoms with van der Waals surface area (Å²) in [5, 5.41) is 5.98. The molecule has 29 heavy (non-hydrogen) atoms. The number of ether oxygens (including phenoxy) is 1. The van der Waals surface area contributed by atoms with Crippen molar-refractivity contribution < 1.29 is 14.3 Å². The highest BCUT2D eigenvalue weighted by atomic mass is 32.1. The summed E-state index contributed by atoms with van der Waals surface area (Å²) in [6, 6.07) is 9.82. The molecule has 1 aliphatic heterocycles. The molecule has 1 aromatic heterocycles. The van der Waals surface area contributed by atoms with Crippen LogP contribution < -0.4 is 5.32 Å². The molecule has 0 aliphatic carbocycles. The number of carbonyl (C=O) groups is 2. The number of hydrogen-bond acceptors (Lipinski definition) is 5. The molecule has 1 aromatic carbocycles. The van der Waals surface area contributed by atoms with Crippen molar-refractivity contribution >= 4 is 23.2 Å². The second-order valence-corrected chi connectivity index (χ2v) is 8.46. The van der Waals surface area contributed by atoms with Gasteiger partial charge in [-0.05, 0) is 24.8 Å². The van der Waals surface area contributed by atoms with Crippen molar-refractivity contribution in [3.05, 3.63) is 52.5 Å². The summed E-state index contributed by atoms with van der Waals surface area (Å²) in [7, 11) is 1.62. The van der Waals surface area contributed by atoms with Crippen molar-refractivity contribution in [2.45, 2.75) is 51.3 Å². The average Bonchev–Trinajstić information content (AvgIpc) is 3.41. The molecule has 1 N–H and O–H groups in total. The normalized spacial score (nSPS) is 19.6. The second kappa shape index (κ2) is 9.98. The van der Waals surface area contributed by atoms with Crippen LogP contribution in [0.25, 0.3) is 0 Å². The van der Waals surface area contributed by atoms with Crippen LogP contribution in [-0.2, 0) is 20.7 Å². The number of amides is 2. The number of benzene rings is 1. The molecule has 6 nitrogen and oxygen atoms in total. The smallest absolute Gasteiger partial charge is 0.226 e. The summed E-state index contributed by atoms with van der Waals surface area (Å²) in [4.78, 5) is 31.4. The van der Waals surface area contributed by atoms with Gasteiger partial charge in [0.25, 0.3) is 0 Å². The number of thiazole rings is 1. The summed E-state index contributed by atoms with van der Waals surface area (Å²) in [5.74, 6) is -0.432. The number of rotatable bonds is 8. The van der Waals surface area contributed by atoms with E-state index in [9.17, 15) is 9.59 Å².